The number of hydrogen-bond donors (Lipinski definition) is 0. The Morgan fingerprint density at radius 2 is 2.05 bits per heavy atom. The van der Waals surface area contributed by atoms with Gasteiger partial charge in [-0.2, -0.15) is 0 Å². The Kier molecular flexibility index (Phi) is 4.97. The molecule has 1 aromatic carbocycles. The maximum absolute atomic E-state index is 13.9. The van der Waals surface area contributed by atoms with Crippen molar-refractivity contribution in [1.82, 2.24) is 4.90 Å². The molecule has 1 amide bonds. The van der Waals surface area contributed by atoms with Crippen LogP contribution in [0.4, 0.5) is 4.39 Å². The lowest BCUT2D eigenvalue weighted by Crippen LogP contribution is -2.41. The van der Waals surface area contributed by atoms with Crippen LogP contribution in [0.15, 0.2) is 22.7 Å². The largest absolute Gasteiger partial charge is 0.336 e. The number of rotatable bonds is 3. The fourth-order valence-electron chi connectivity index (χ4n) is 2.78. The molecule has 1 aromatic rings. The third-order valence-electron chi connectivity index (χ3n) is 3.78. The van der Waals surface area contributed by atoms with Crippen molar-refractivity contribution in [3.63, 3.8) is 0 Å². The minimum atomic E-state index is -0.450. The maximum Gasteiger partial charge on any atom is 0.257 e. The average molecular weight is 328 g/mol. The first-order valence-corrected chi connectivity index (χ1v) is 7.68. The van der Waals surface area contributed by atoms with Crippen molar-refractivity contribution in [3.8, 4) is 0 Å². The molecule has 104 valence electrons. The smallest absolute Gasteiger partial charge is 0.257 e. The van der Waals surface area contributed by atoms with Crippen molar-refractivity contribution in [2.45, 2.75) is 45.1 Å². The molecule has 2 nitrogen and oxygen atoms in total. The summed E-state index contributed by atoms with van der Waals surface area (Å²) in [6.45, 7) is 2.60. The van der Waals surface area contributed by atoms with Gasteiger partial charge in [0.15, 0.2) is 0 Å². The highest BCUT2D eigenvalue weighted by Gasteiger charge is 2.26. The molecule has 1 aliphatic carbocycles. The Morgan fingerprint density at radius 1 is 1.37 bits per heavy atom. The molecule has 1 aliphatic rings. The number of halogens is 2. The van der Waals surface area contributed by atoms with Crippen molar-refractivity contribution in [3.05, 3.63) is 34.1 Å². The number of hydrogen-bond acceptors (Lipinski definition) is 1. The monoisotopic (exact) mass is 327 g/mol. The van der Waals surface area contributed by atoms with Crippen molar-refractivity contribution in [1.29, 1.82) is 0 Å². The molecule has 0 bridgehead atoms. The van der Waals surface area contributed by atoms with Crippen LogP contribution in [0, 0.1) is 5.82 Å². The summed E-state index contributed by atoms with van der Waals surface area (Å²) in [5.41, 5.74) is 0.177. The fraction of sp³-hybridized carbons (Fsp3) is 0.533. The van der Waals surface area contributed by atoms with Crippen LogP contribution in [-0.4, -0.2) is 23.4 Å². The second-order valence-corrected chi connectivity index (χ2v) is 5.92. The van der Waals surface area contributed by atoms with Crippen molar-refractivity contribution >= 4 is 21.8 Å². The third-order valence-corrected chi connectivity index (χ3v) is 4.27. The molecule has 0 heterocycles. The third kappa shape index (κ3) is 3.35. The van der Waals surface area contributed by atoms with Crippen LogP contribution in [0.1, 0.15) is 49.4 Å². The van der Waals surface area contributed by atoms with E-state index in [0.717, 1.165) is 25.7 Å². The van der Waals surface area contributed by atoms with E-state index >= 15 is 0 Å². The van der Waals surface area contributed by atoms with E-state index in [1.54, 1.807) is 12.1 Å². The Hall–Kier alpha value is -0.900. The first-order valence-electron chi connectivity index (χ1n) is 6.89. The highest BCUT2D eigenvalue weighted by molar-refractivity contribution is 9.10. The normalized spacial score (nSPS) is 16.4. The molecule has 0 unspecified atom stereocenters. The fourth-order valence-corrected chi connectivity index (χ4v) is 3.11. The number of amides is 1. The Bertz CT molecular complexity index is 457. The number of carbonyl (C=O) groups excluding carboxylic acids is 1. The van der Waals surface area contributed by atoms with Crippen LogP contribution in [0.2, 0.25) is 0 Å². The van der Waals surface area contributed by atoms with E-state index in [1.165, 1.54) is 12.5 Å². The van der Waals surface area contributed by atoms with Crippen LogP contribution < -0.4 is 0 Å². The van der Waals surface area contributed by atoms with Crippen molar-refractivity contribution in [2.75, 3.05) is 6.54 Å². The van der Waals surface area contributed by atoms with E-state index in [0.29, 0.717) is 11.0 Å². The second-order valence-electron chi connectivity index (χ2n) is 5.01. The van der Waals surface area contributed by atoms with Crippen LogP contribution in [0.25, 0.3) is 0 Å². The van der Waals surface area contributed by atoms with Gasteiger partial charge < -0.3 is 4.90 Å². The standard InChI is InChI=1S/C15H19BrFNO/c1-2-18(12-6-4-3-5-7-12)15(19)13-9-8-11(16)10-14(13)17/h8-10,12H,2-7H2,1H3. The van der Waals surface area contributed by atoms with Gasteiger partial charge in [-0.05, 0) is 38.0 Å². The van der Waals surface area contributed by atoms with Gasteiger partial charge >= 0.3 is 0 Å². The zero-order valence-corrected chi connectivity index (χ0v) is 12.7. The number of nitrogens with zero attached hydrogens (tertiary/aromatic N) is 1. The van der Waals surface area contributed by atoms with E-state index in [4.69, 9.17) is 0 Å². The van der Waals surface area contributed by atoms with Crippen molar-refractivity contribution in [2.24, 2.45) is 0 Å². The molecule has 0 spiro atoms. The second kappa shape index (κ2) is 6.51. The lowest BCUT2D eigenvalue weighted by atomic mass is 9.93. The van der Waals surface area contributed by atoms with Crippen LogP contribution in [0.5, 0.6) is 0 Å². The van der Waals surface area contributed by atoms with Crippen LogP contribution in [-0.2, 0) is 0 Å². The Morgan fingerprint density at radius 3 is 2.63 bits per heavy atom. The van der Waals surface area contributed by atoms with Gasteiger partial charge in [-0.1, -0.05) is 35.2 Å². The molecule has 0 N–H and O–H groups in total. The molecular formula is C15H19BrFNO. The summed E-state index contributed by atoms with van der Waals surface area (Å²) in [5, 5.41) is 0. The van der Waals surface area contributed by atoms with E-state index < -0.39 is 5.82 Å². The molecule has 0 radical (unpaired) electrons. The highest BCUT2D eigenvalue weighted by atomic mass is 79.9. The molecule has 2 rings (SSSR count). The molecule has 1 fully saturated rings. The summed E-state index contributed by atoms with van der Waals surface area (Å²) in [7, 11) is 0. The number of carbonyl (C=O) groups is 1. The van der Waals surface area contributed by atoms with Gasteiger partial charge in [0.25, 0.3) is 5.91 Å². The van der Waals surface area contributed by atoms with E-state index in [-0.39, 0.29) is 17.5 Å². The number of benzene rings is 1. The van der Waals surface area contributed by atoms with E-state index in [1.807, 2.05) is 11.8 Å². The summed E-state index contributed by atoms with van der Waals surface area (Å²) in [6.07, 6.45) is 5.65. The zero-order chi connectivity index (χ0) is 13.8. The Balaban J connectivity index is 2.19. The zero-order valence-electron chi connectivity index (χ0n) is 11.2. The van der Waals surface area contributed by atoms with Gasteiger partial charge in [0.05, 0.1) is 5.56 Å². The average Bonchev–Trinajstić information content (AvgIpc) is 2.40. The molecule has 0 aliphatic heterocycles. The summed E-state index contributed by atoms with van der Waals surface area (Å²) in [4.78, 5) is 14.3. The first-order chi connectivity index (χ1) is 9.13. The molecular weight excluding hydrogens is 309 g/mol. The molecule has 0 aromatic heterocycles. The van der Waals surface area contributed by atoms with Gasteiger partial charge in [-0.3, -0.25) is 4.79 Å². The van der Waals surface area contributed by atoms with Gasteiger partial charge in [0.1, 0.15) is 5.82 Å². The summed E-state index contributed by atoms with van der Waals surface area (Å²) in [5.74, 6) is -0.631. The van der Waals surface area contributed by atoms with Crippen molar-refractivity contribution < 1.29 is 9.18 Å². The summed E-state index contributed by atoms with van der Waals surface area (Å²) >= 11 is 3.21. The van der Waals surface area contributed by atoms with Gasteiger partial charge in [0.2, 0.25) is 0 Å². The molecule has 0 saturated heterocycles. The van der Waals surface area contributed by atoms with Crippen LogP contribution in [0.3, 0.4) is 0 Å². The minimum absolute atomic E-state index is 0.177. The summed E-state index contributed by atoms with van der Waals surface area (Å²) < 4.78 is 14.5. The predicted octanol–water partition coefficient (Wildman–Crippen LogP) is 4.38. The SMILES string of the molecule is CCN(C(=O)c1ccc(Br)cc1F)C1CCCCC1. The molecule has 0 atom stereocenters. The van der Waals surface area contributed by atoms with Gasteiger partial charge in [-0.25, -0.2) is 4.39 Å². The van der Waals surface area contributed by atoms with Gasteiger partial charge in [-0.15, -0.1) is 0 Å². The summed E-state index contributed by atoms with van der Waals surface area (Å²) in [6, 6.07) is 4.90. The molecule has 4 heteroatoms. The van der Waals surface area contributed by atoms with E-state index in [9.17, 15) is 9.18 Å². The topological polar surface area (TPSA) is 20.3 Å². The quantitative estimate of drug-likeness (QED) is 0.806. The predicted molar refractivity (Wildman–Crippen MR) is 77.7 cm³/mol. The highest BCUT2D eigenvalue weighted by Crippen LogP contribution is 2.25. The molecule has 19 heavy (non-hydrogen) atoms. The minimum Gasteiger partial charge on any atom is -0.336 e. The lowest BCUT2D eigenvalue weighted by Gasteiger charge is -2.33. The maximum atomic E-state index is 13.9. The molecule has 1 saturated carbocycles. The first kappa shape index (κ1) is 14.5. The lowest BCUT2D eigenvalue weighted by molar-refractivity contribution is 0.0643. The Labute approximate surface area is 122 Å². The van der Waals surface area contributed by atoms with E-state index in [2.05, 4.69) is 15.9 Å². The van der Waals surface area contributed by atoms with Gasteiger partial charge in [0, 0.05) is 17.1 Å². The van der Waals surface area contributed by atoms with Crippen LogP contribution >= 0.6 is 15.9 Å².